The van der Waals surface area contributed by atoms with Crippen molar-refractivity contribution < 1.29 is 134 Å². The molecule has 10 rings (SSSR count). The van der Waals surface area contributed by atoms with E-state index in [0.29, 0.717) is 108 Å². The second-order valence-corrected chi connectivity index (χ2v) is 25.8. The Balaban J connectivity index is 0.823. The Morgan fingerprint density at radius 2 is 0.610 bits per heavy atom. The largest absolute Gasteiger partial charge is 0.481 e. The van der Waals surface area contributed by atoms with Crippen LogP contribution in [0.1, 0.15) is 71.9 Å². The summed E-state index contributed by atoms with van der Waals surface area (Å²) in [5.41, 5.74) is 7.28. The Kier molecular flexibility index (Phi) is 27.9. The number of carboxylic acid groups (broad SMARTS) is 3. The number of unbranched alkanes of at least 4 members (excludes halogenated alkanes) is 3. The first-order valence-corrected chi connectivity index (χ1v) is 34.4. The van der Waals surface area contributed by atoms with E-state index >= 15 is 0 Å². The van der Waals surface area contributed by atoms with Crippen LogP contribution >= 0.6 is 0 Å². The van der Waals surface area contributed by atoms with Crippen LogP contribution in [0.25, 0.3) is 33.4 Å². The highest BCUT2D eigenvalue weighted by Crippen LogP contribution is 2.39. The zero-order chi connectivity index (χ0) is 74.8. The Labute approximate surface area is 602 Å². The van der Waals surface area contributed by atoms with E-state index in [9.17, 15) is 91.0 Å². The number of aliphatic hydroxyl groups excluding tert-OH is 12. The van der Waals surface area contributed by atoms with Gasteiger partial charge in [-0.25, -0.2) is 0 Å². The van der Waals surface area contributed by atoms with Crippen molar-refractivity contribution >= 4 is 17.9 Å². The van der Waals surface area contributed by atoms with Gasteiger partial charge in [-0.1, -0.05) is 91.0 Å². The van der Waals surface area contributed by atoms with Crippen molar-refractivity contribution in [2.75, 3.05) is 39.6 Å². The van der Waals surface area contributed by atoms with E-state index in [1.165, 1.54) is 0 Å². The highest BCUT2D eigenvalue weighted by atomic mass is 16.7. The fourth-order valence-corrected chi connectivity index (χ4v) is 12.4. The number of aliphatic hydroxyl groups is 12. The van der Waals surface area contributed by atoms with Gasteiger partial charge < -0.3 is 119 Å². The van der Waals surface area contributed by atoms with Crippen LogP contribution in [0.15, 0.2) is 127 Å². The number of nitrogens with zero attached hydrogens (tertiary/aromatic N) is 3. The molecule has 15 atom stereocenters. The number of carboxylic acids is 3. The van der Waals surface area contributed by atoms with Gasteiger partial charge >= 0.3 is 35.9 Å². The lowest BCUT2D eigenvalue weighted by molar-refractivity contribution is -0.277. The lowest BCUT2D eigenvalue weighted by Gasteiger charge is -2.39. The molecule has 564 valence electrons. The minimum absolute atomic E-state index is 0.0924. The first-order valence-electron chi connectivity index (χ1n) is 34.4. The summed E-state index contributed by atoms with van der Waals surface area (Å²) >= 11 is 0. The standard InChI is InChI=1S/C75H87N3O27/c79-37-55-61(88)64(91)67(94)70(103-55)100-52-22-19-40(31-49(52)46-16-7-13-43(28-46)34-58(82)83)10-1-4-25-97-73-76-74(98-26-5-2-11-41-20-23-53(101-71-68(95)65(92)62(89)56(38-80)104-71)50(32-41)47-17-8-14-44(29-47)35-59(84)85)78-75(77-73)99-27-6-3-12-42-21-24-54(102-72-69(96)66(93)63(90)57(39-81)105-72)51(33-42)48-18-9-15-45(30-48)36-60(86)87/h7-9,13-24,28-33,55-57,61-72,79-81,88-96H,1-6,10-12,25-27,34-39H2,(H,82,83)(H,84,85)(H,86,87). The molecule has 105 heavy (non-hydrogen) atoms. The van der Waals surface area contributed by atoms with Crippen molar-refractivity contribution in [3.8, 4) is 68.7 Å². The van der Waals surface area contributed by atoms with Crippen molar-refractivity contribution in [2.45, 2.75) is 169 Å². The van der Waals surface area contributed by atoms with Gasteiger partial charge in [0.25, 0.3) is 0 Å². The Morgan fingerprint density at radius 1 is 0.333 bits per heavy atom. The maximum absolute atomic E-state index is 11.7. The summed E-state index contributed by atoms with van der Waals surface area (Å²) in [4.78, 5) is 48.5. The maximum atomic E-state index is 11.7. The van der Waals surface area contributed by atoms with E-state index in [2.05, 4.69) is 15.0 Å². The van der Waals surface area contributed by atoms with Crippen LogP contribution in [0.2, 0.25) is 0 Å². The topological polar surface area (TPSA) is 476 Å². The quantitative estimate of drug-likeness (QED) is 0.0251. The lowest BCUT2D eigenvalue weighted by Crippen LogP contribution is -2.60. The number of hydrogen-bond acceptors (Lipinski definition) is 27. The normalized spacial score (nSPS) is 24.5. The molecule has 3 aliphatic heterocycles. The van der Waals surface area contributed by atoms with E-state index < -0.39 is 130 Å². The number of benzene rings is 6. The second kappa shape index (κ2) is 37.3. The summed E-state index contributed by atoms with van der Waals surface area (Å²) in [5.74, 6) is -2.50. The van der Waals surface area contributed by atoms with E-state index in [-0.39, 0.29) is 74.4 Å². The van der Waals surface area contributed by atoms with Crippen molar-refractivity contribution in [2.24, 2.45) is 0 Å². The third-order valence-electron chi connectivity index (χ3n) is 18.0. The third kappa shape index (κ3) is 20.9. The first kappa shape index (κ1) is 78.5. The SMILES string of the molecule is O=C(O)Cc1cccc(-c2cc(CCCCOc3nc(OCCCCc4ccc(OC5OC(CO)C(O)C(O)C5O)c(-c5cccc(CC(=O)O)c5)c4)nc(OCCCCc4ccc(OC5OC(CO)C(O)C(O)C5O)c(-c5cccc(CC(=O)O)c5)c4)n3)ccc2OC2OC(CO)C(O)C(O)C2O)c1. The fraction of sp³-hybridized carbons (Fsp3) is 0.440. The Bertz CT molecular complexity index is 3620. The highest BCUT2D eigenvalue weighted by Gasteiger charge is 2.47. The molecule has 30 nitrogen and oxygen atoms in total. The van der Waals surface area contributed by atoms with Crippen molar-refractivity contribution in [1.82, 2.24) is 15.0 Å². The molecule has 7 aromatic rings. The smallest absolute Gasteiger partial charge is 0.325 e. The maximum Gasteiger partial charge on any atom is 0.325 e. The van der Waals surface area contributed by atoms with E-state index in [4.69, 9.17) is 42.6 Å². The molecule has 3 aliphatic rings. The molecule has 0 amide bonds. The van der Waals surface area contributed by atoms with Gasteiger partial charge in [0.1, 0.15) is 90.5 Å². The van der Waals surface area contributed by atoms with Crippen LogP contribution in [0, 0.1) is 0 Å². The summed E-state index contributed by atoms with van der Waals surface area (Å²) in [6, 6.07) is 36.0. The minimum atomic E-state index is -1.69. The number of hydrogen-bond donors (Lipinski definition) is 15. The molecule has 0 bridgehead atoms. The molecule has 0 radical (unpaired) electrons. The molecule has 15 N–H and O–H groups in total. The van der Waals surface area contributed by atoms with E-state index in [0.717, 1.165) is 16.7 Å². The number of carbonyl (C=O) groups is 3. The van der Waals surface area contributed by atoms with E-state index in [1.807, 2.05) is 18.2 Å². The summed E-state index contributed by atoms with van der Waals surface area (Å²) in [5, 5.41) is 153. The monoisotopic (exact) mass is 1460 g/mol. The third-order valence-corrected chi connectivity index (χ3v) is 18.0. The summed E-state index contributed by atoms with van der Waals surface area (Å²) in [7, 11) is 0. The number of ether oxygens (including phenoxy) is 9. The molecule has 0 aliphatic carbocycles. The van der Waals surface area contributed by atoms with Gasteiger partial charge in [0.05, 0.1) is 58.9 Å². The predicted molar refractivity (Wildman–Crippen MR) is 368 cm³/mol. The molecule has 1 aromatic heterocycles. The number of aliphatic carboxylic acids is 3. The summed E-state index contributed by atoms with van der Waals surface area (Å²) < 4.78 is 53.7. The number of aromatic nitrogens is 3. The van der Waals surface area contributed by atoms with Crippen LogP contribution in [0.4, 0.5) is 0 Å². The molecular weight excluding hydrogens is 1370 g/mol. The molecule has 15 unspecified atom stereocenters. The fourth-order valence-electron chi connectivity index (χ4n) is 12.4. The molecule has 0 saturated carbocycles. The first-order chi connectivity index (χ1) is 50.6. The molecule has 3 saturated heterocycles. The van der Waals surface area contributed by atoms with Crippen molar-refractivity contribution in [3.63, 3.8) is 0 Å². The average Bonchev–Trinajstić information content (AvgIpc) is 0.801. The highest BCUT2D eigenvalue weighted by molar-refractivity contribution is 5.77. The van der Waals surface area contributed by atoms with Crippen LogP contribution in [-0.4, -0.2) is 241 Å². The Morgan fingerprint density at radius 3 is 0.867 bits per heavy atom. The van der Waals surface area contributed by atoms with Crippen LogP contribution < -0.4 is 28.4 Å². The number of aryl methyl sites for hydroxylation is 3. The van der Waals surface area contributed by atoms with E-state index in [1.54, 1.807) is 109 Å². The van der Waals surface area contributed by atoms with Gasteiger partial charge in [-0.05, 0) is 144 Å². The van der Waals surface area contributed by atoms with Crippen LogP contribution in [0.5, 0.6) is 35.3 Å². The van der Waals surface area contributed by atoms with Gasteiger partial charge in [-0.2, -0.15) is 0 Å². The molecule has 3 fully saturated rings. The molecular formula is C75H87N3O27. The van der Waals surface area contributed by atoms with Gasteiger partial charge in [0, 0.05) is 16.7 Å². The average molecular weight is 1460 g/mol. The van der Waals surface area contributed by atoms with Gasteiger partial charge in [-0.15, -0.1) is 15.0 Å². The predicted octanol–water partition coefficient (Wildman–Crippen LogP) is 2.50. The van der Waals surface area contributed by atoms with Crippen molar-refractivity contribution in [3.05, 3.63) is 161 Å². The van der Waals surface area contributed by atoms with Gasteiger partial charge in [0.15, 0.2) is 0 Å². The molecule has 30 heteroatoms. The number of rotatable bonds is 36. The van der Waals surface area contributed by atoms with Crippen LogP contribution in [-0.2, 0) is 67.1 Å². The molecule has 4 heterocycles. The lowest BCUT2D eigenvalue weighted by atomic mass is 9.97. The summed E-state index contributed by atoms with van der Waals surface area (Å²) in [6.07, 6.45) is -19.3. The second-order valence-electron chi connectivity index (χ2n) is 25.8. The van der Waals surface area contributed by atoms with Gasteiger partial charge in [-0.3, -0.25) is 14.4 Å². The molecule has 6 aromatic carbocycles. The molecule has 0 spiro atoms. The zero-order valence-electron chi connectivity index (χ0n) is 57.0. The van der Waals surface area contributed by atoms with Gasteiger partial charge in [0.2, 0.25) is 18.9 Å². The zero-order valence-corrected chi connectivity index (χ0v) is 57.0. The summed E-state index contributed by atoms with van der Waals surface area (Å²) in [6.45, 7) is -1.62. The van der Waals surface area contributed by atoms with Crippen LogP contribution in [0.3, 0.4) is 0 Å². The van der Waals surface area contributed by atoms with Crippen molar-refractivity contribution in [1.29, 1.82) is 0 Å². The minimum Gasteiger partial charge on any atom is -0.481 e. The Hall–Kier alpha value is -9.06.